The third kappa shape index (κ3) is 3.72. The smallest absolute Gasteiger partial charge is 0.243 e. The Labute approximate surface area is 185 Å². The Morgan fingerprint density at radius 3 is 2.69 bits per heavy atom. The summed E-state index contributed by atoms with van der Waals surface area (Å²) < 4.78 is 3.59. The van der Waals surface area contributed by atoms with Gasteiger partial charge in [-0.25, -0.2) is 14.0 Å². The van der Waals surface area contributed by atoms with Crippen LogP contribution in [-0.4, -0.2) is 53.7 Å². The molecule has 4 aromatic heterocycles. The normalized spacial score (nSPS) is 21.0. The van der Waals surface area contributed by atoms with Crippen LogP contribution in [0.3, 0.4) is 0 Å². The number of nitrogens with one attached hydrogen (secondary N) is 3. The summed E-state index contributed by atoms with van der Waals surface area (Å²) in [7, 11) is 1.86. The van der Waals surface area contributed by atoms with Crippen molar-refractivity contribution in [1.29, 1.82) is 0 Å². The second kappa shape index (κ2) is 7.77. The number of hydrogen-bond donors (Lipinski definition) is 3. The lowest BCUT2D eigenvalue weighted by Gasteiger charge is -2.38. The largest absolute Gasteiger partial charge is 0.371 e. The van der Waals surface area contributed by atoms with Crippen molar-refractivity contribution < 1.29 is 4.79 Å². The highest BCUT2D eigenvalue weighted by atomic mass is 16.1. The molecule has 0 saturated heterocycles. The molecule has 32 heavy (non-hydrogen) atoms. The fraction of sp³-hybridized carbons (Fsp3) is 0.409. The van der Waals surface area contributed by atoms with E-state index < -0.39 is 0 Å². The number of imidazole rings is 1. The van der Waals surface area contributed by atoms with E-state index in [1.54, 1.807) is 17.6 Å². The van der Waals surface area contributed by atoms with Gasteiger partial charge < -0.3 is 16.0 Å². The number of rotatable bonds is 5. The summed E-state index contributed by atoms with van der Waals surface area (Å²) in [6.45, 7) is 3.69. The Balaban J connectivity index is 1.40. The van der Waals surface area contributed by atoms with Crippen LogP contribution in [0.1, 0.15) is 39.5 Å². The van der Waals surface area contributed by atoms with Crippen molar-refractivity contribution in [2.24, 2.45) is 0 Å². The number of hydrogen-bond acceptors (Lipinski definition) is 7. The van der Waals surface area contributed by atoms with Gasteiger partial charge in [-0.1, -0.05) is 0 Å². The lowest BCUT2D eigenvalue weighted by Crippen LogP contribution is -2.49. The quantitative estimate of drug-likeness (QED) is 0.443. The summed E-state index contributed by atoms with van der Waals surface area (Å²) in [6, 6.07) is 6.16. The van der Waals surface area contributed by atoms with Crippen LogP contribution < -0.4 is 16.0 Å². The molecule has 5 rings (SSSR count). The van der Waals surface area contributed by atoms with Crippen LogP contribution in [0.2, 0.25) is 0 Å². The van der Waals surface area contributed by atoms with Gasteiger partial charge in [-0.3, -0.25) is 4.79 Å². The molecule has 0 aliphatic heterocycles. The summed E-state index contributed by atoms with van der Waals surface area (Å²) >= 11 is 0. The fourth-order valence-corrected chi connectivity index (χ4v) is 4.56. The lowest BCUT2D eigenvalue weighted by atomic mass is 9.81. The molecule has 1 fully saturated rings. The van der Waals surface area contributed by atoms with E-state index in [1.807, 2.05) is 42.2 Å². The predicted octanol–water partition coefficient (Wildman–Crippen LogP) is 2.73. The van der Waals surface area contributed by atoms with Crippen LogP contribution in [0.5, 0.6) is 0 Å². The van der Waals surface area contributed by atoms with Gasteiger partial charge in [0.2, 0.25) is 11.9 Å². The van der Waals surface area contributed by atoms with Crippen LogP contribution >= 0.6 is 0 Å². The van der Waals surface area contributed by atoms with Crippen LogP contribution in [0, 0.1) is 0 Å². The summed E-state index contributed by atoms with van der Waals surface area (Å²) in [5.41, 5.74) is 3.30. The maximum atomic E-state index is 11.5. The highest BCUT2D eigenvalue weighted by Gasteiger charge is 2.32. The average Bonchev–Trinajstić information content (AvgIpc) is 3.40. The van der Waals surface area contributed by atoms with Crippen LogP contribution in [-0.2, 0) is 4.79 Å². The van der Waals surface area contributed by atoms with E-state index in [4.69, 9.17) is 10.1 Å². The molecule has 0 radical (unpaired) electrons. The molecule has 1 aliphatic rings. The first kappa shape index (κ1) is 20.2. The van der Waals surface area contributed by atoms with Gasteiger partial charge in [-0.15, -0.1) is 5.10 Å². The Bertz CT molecular complexity index is 1280. The van der Waals surface area contributed by atoms with E-state index in [-0.39, 0.29) is 17.5 Å². The molecule has 4 aromatic rings. The van der Waals surface area contributed by atoms with Crippen molar-refractivity contribution >= 4 is 28.8 Å². The Morgan fingerprint density at radius 1 is 1.12 bits per heavy atom. The second-order valence-electron chi connectivity index (χ2n) is 8.67. The third-order valence-corrected chi connectivity index (χ3v) is 6.18. The highest BCUT2D eigenvalue weighted by Crippen LogP contribution is 2.31. The first-order valence-electron chi connectivity index (χ1n) is 10.9. The molecule has 1 amide bonds. The average molecular weight is 434 g/mol. The number of carbonyl (C=O) groups excluding carboxylic acids is 1. The molecular weight excluding hydrogens is 406 g/mol. The van der Waals surface area contributed by atoms with E-state index in [0.29, 0.717) is 5.95 Å². The Hall–Kier alpha value is -3.69. The lowest BCUT2D eigenvalue weighted by molar-refractivity contribution is -0.121. The number of anilines is 2. The first-order valence-corrected chi connectivity index (χ1v) is 10.9. The number of carbonyl (C=O) groups is 1. The third-order valence-electron chi connectivity index (χ3n) is 6.18. The molecule has 4 heterocycles. The summed E-state index contributed by atoms with van der Waals surface area (Å²) in [5, 5.41) is 19.1. The summed E-state index contributed by atoms with van der Waals surface area (Å²) in [4.78, 5) is 20.5. The molecule has 0 atom stereocenters. The van der Waals surface area contributed by atoms with Crippen LogP contribution in [0.15, 0.2) is 36.8 Å². The minimum absolute atomic E-state index is 0.0245. The van der Waals surface area contributed by atoms with E-state index in [2.05, 4.69) is 33.0 Å². The monoisotopic (exact) mass is 433 g/mol. The van der Waals surface area contributed by atoms with Crippen LogP contribution in [0.25, 0.3) is 22.4 Å². The SMILES string of the molecule is CNc1nc(NC2CCC(C)(NC(C)=O)CC2)nn2ccc(-c3ccc4nccn4n3)c12. The van der Waals surface area contributed by atoms with Crippen molar-refractivity contribution in [1.82, 2.24) is 34.5 Å². The molecule has 0 bridgehead atoms. The standard InChI is InChI=1S/C22H27N9O/c1-14(32)27-22(2)9-6-15(7-10-22)25-21-26-20(23-3)19-16(8-12-31(19)29-21)17-4-5-18-24-11-13-30(18)28-17/h4-5,8,11-13,15H,6-7,9-10H2,1-3H3,(H,27,32)(H2,23,25,26,29). The van der Waals surface area contributed by atoms with E-state index in [9.17, 15) is 4.79 Å². The van der Waals surface area contributed by atoms with E-state index in [0.717, 1.165) is 53.9 Å². The maximum Gasteiger partial charge on any atom is 0.243 e. The molecule has 10 heteroatoms. The number of fused-ring (bicyclic) bond motifs is 2. The van der Waals surface area contributed by atoms with Gasteiger partial charge >= 0.3 is 0 Å². The van der Waals surface area contributed by atoms with Gasteiger partial charge in [0.15, 0.2) is 11.5 Å². The number of nitrogens with zero attached hydrogens (tertiary/aromatic N) is 6. The maximum absolute atomic E-state index is 11.5. The number of amides is 1. The fourth-order valence-electron chi connectivity index (χ4n) is 4.56. The van der Waals surface area contributed by atoms with Gasteiger partial charge in [0.1, 0.15) is 5.52 Å². The molecular formula is C22H27N9O. The van der Waals surface area contributed by atoms with Crippen LogP contribution in [0.4, 0.5) is 11.8 Å². The molecule has 0 spiro atoms. The minimum Gasteiger partial charge on any atom is -0.371 e. The van der Waals surface area contributed by atoms with Crippen molar-refractivity contribution in [3.8, 4) is 11.3 Å². The van der Waals surface area contributed by atoms with Crippen molar-refractivity contribution in [2.75, 3.05) is 17.7 Å². The number of aromatic nitrogens is 6. The topological polar surface area (TPSA) is 114 Å². The minimum atomic E-state index is -0.135. The van der Waals surface area contributed by atoms with Gasteiger partial charge in [0.05, 0.1) is 5.69 Å². The zero-order chi connectivity index (χ0) is 22.3. The highest BCUT2D eigenvalue weighted by molar-refractivity contribution is 5.87. The van der Waals surface area contributed by atoms with Crippen molar-refractivity contribution in [3.05, 3.63) is 36.8 Å². The summed E-state index contributed by atoms with van der Waals surface area (Å²) in [5.74, 6) is 1.33. The van der Waals surface area contributed by atoms with E-state index in [1.165, 1.54) is 0 Å². The molecule has 3 N–H and O–H groups in total. The zero-order valence-corrected chi connectivity index (χ0v) is 18.5. The van der Waals surface area contributed by atoms with Gasteiger partial charge in [-0.05, 0) is 50.8 Å². The molecule has 1 saturated carbocycles. The summed E-state index contributed by atoms with van der Waals surface area (Å²) in [6.07, 6.45) is 9.21. The molecule has 0 unspecified atom stereocenters. The van der Waals surface area contributed by atoms with E-state index >= 15 is 0 Å². The first-order chi connectivity index (χ1) is 15.4. The zero-order valence-electron chi connectivity index (χ0n) is 18.5. The second-order valence-corrected chi connectivity index (χ2v) is 8.67. The molecule has 1 aliphatic carbocycles. The van der Waals surface area contributed by atoms with Crippen molar-refractivity contribution in [2.45, 2.75) is 51.1 Å². The molecule has 166 valence electrons. The van der Waals surface area contributed by atoms with Gasteiger partial charge in [0.25, 0.3) is 0 Å². The predicted molar refractivity (Wildman–Crippen MR) is 123 cm³/mol. The molecule has 0 aromatic carbocycles. The molecule has 10 nitrogen and oxygen atoms in total. The van der Waals surface area contributed by atoms with Crippen molar-refractivity contribution in [3.63, 3.8) is 0 Å². The van der Waals surface area contributed by atoms with Gasteiger partial charge in [-0.2, -0.15) is 10.1 Å². The Kier molecular flexibility index (Phi) is 4.91. The van der Waals surface area contributed by atoms with Gasteiger partial charge in [0, 0.05) is 49.7 Å². The Morgan fingerprint density at radius 2 is 1.94 bits per heavy atom.